The van der Waals surface area contributed by atoms with Crippen molar-refractivity contribution in [1.29, 1.82) is 0 Å². The largest absolute Gasteiger partial charge is 0.491 e. The van der Waals surface area contributed by atoms with Gasteiger partial charge in [0.25, 0.3) is 5.56 Å². The average molecular weight is 372 g/mol. The summed E-state index contributed by atoms with van der Waals surface area (Å²) >= 11 is 0. The van der Waals surface area contributed by atoms with Crippen molar-refractivity contribution in [2.24, 2.45) is 14.1 Å². The van der Waals surface area contributed by atoms with E-state index in [9.17, 15) is 9.59 Å². The first kappa shape index (κ1) is 18.9. The van der Waals surface area contributed by atoms with Gasteiger partial charge in [-0.05, 0) is 25.0 Å². The Morgan fingerprint density at radius 3 is 2.41 bits per heavy atom. The molecule has 2 aromatic heterocycles. The molecule has 8 nitrogen and oxygen atoms in total. The molecule has 0 unspecified atom stereocenters. The van der Waals surface area contributed by atoms with Gasteiger partial charge in [-0.2, -0.15) is 0 Å². The molecule has 0 N–H and O–H groups in total. The molecule has 0 saturated carbocycles. The molecule has 0 aliphatic rings. The summed E-state index contributed by atoms with van der Waals surface area (Å²) in [4.78, 5) is 28.5. The maximum Gasteiger partial charge on any atom is 0.332 e. The molecule has 0 spiro atoms. The standard InChI is InChI=1S/C19H24N4O4/c1-13-6-5-7-14(2)16(13)27-11-10-26-9-8-23-12-20-17-15(23)18(24)22(4)19(25)21(17)3/h5-7,12H,8-11H2,1-4H3. The zero-order valence-corrected chi connectivity index (χ0v) is 16.1. The summed E-state index contributed by atoms with van der Waals surface area (Å²) in [6.07, 6.45) is 1.56. The van der Waals surface area contributed by atoms with E-state index >= 15 is 0 Å². The first-order valence-electron chi connectivity index (χ1n) is 8.79. The van der Waals surface area contributed by atoms with Gasteiger partial charge in [-0.1, -0.05) is 18.2 Å². The van der Waals surface area contributed by atoms with Gasteiger partial charge in [-0.15, -0.1) is 0 Å². The number of fused-ring (bicyclic) bond motifs is 1. The molecule has 1 aromatic carbocycles. The number of para-hydroxylation sites is 1. The summed E-state index contributed by atoms with van der Waals surface area (Å²) in [5, 5.41) is 0. The van der Waals surface area contributed by atoms with E-state index in [1.807, 2.05) is 32.0 Å². The van der Waals surface area contributed by atoms with Crippen molar-refractivity contribution in [1.82, 2.24) is 18.7 Å². The van der Waals surface area contributed by atoms with Gasteiger partial charge in [0.15, 0.2) is 11.2 Å². The number of rotatable bonds is 7. The second kappa shape index (κ2) is 7.79. The van der Waals surface area contributed by atoms with E-state index in [4.69, 9.17) is 9.47 Å². The Labute approximate surface area is 156 Å². The maximum atomic E-state index is 12.4. The van der Waals surface area contributed by atoms with Crippen molar-refractivity contribution >= 4 is 11.2 Å². The van der Waals surface area contributed by atoms with Gasteiger partial charge >= 0.3 is 5.69 Å². The van der Waals surface area contributed by atoms with Crippen LogP contribution in [0.5, 0.6) is 5.75 Å². The van der Waals surface area contributed by atoms with Crippen molar-refractivity contribution in [3.8, 4) is 5.75 Å². The molecular weight excluding hydrogens is 348 g/mol. The molecule has 0 fully saturated rings. The van der Waals surface area contributed by atoms with E-state index in [1.165, 1.54) is 11.6 Å². The second-order valence-electron chi connectivity index (χ2n) is 6.50. The minimum Gasteiger partial charge on any atom is -0.491 e. The van der Waals surface area contributed by atoms with Crippen molar-refractivity contribution in [2.45, 2.75) is 20.4 Å². The maximum absolute atomic E-state index is 12.4. The Morgan fingerprint density at radius 1 is 1.00 bits per heavy atom. The summed E-state index contributed by atoms with van der Waals surface area (Å²) in [7, 11) is 3.06. The molecule has 144 valence electrons. The summed E-state index contributed by atoms with van der Waals surface area (Å²) in [6, 6.07) is 6.03. The lowest BCUT2D eigenvalue weighted by molar-refractivity contribution is 0.0944. The van der Waals surface area contributed by atoms with Crippen LogP contribution in [0.4, 0.5) is 0 Å². The van der Waals surface area contributed by atoms with Crippen LogP contribution in [0.3, 0.4) is 0 Å². The first-order valence-corrected chi connectivity index (χ1v) is 8.79. The molecule has 27 heavy (non-hydrogen) atoms. The van der Waals surface area contributed by atoms with Crippen LogP contribution >= 0.6 is 0 Å². The molecule has 0 aliphatic carbocycles. The van der Waals surface area contributed by atoms with Crippen LogP contribution in [-0.4, -0.2) is 38.5 Å². The number of imidazole rings is 1. The van der Waals surface area contributed by atoms with Gasteiger partial charge in [-0.3, -0.25) is 13.9 Å². The highest BCUT2D eigenvalue weighted by Gasteiger charge is 2.13. The Morgan fingerprint density at radius 2 is 1.70 bits per heavy atom. The molecule has 0 atom stereocenters. The minimum atomic E-state index is -0.391. The summed E-state index contributed by atoms with van der Waals surface area (Å²) in [5.41, 5.74) is 2.22. The molecule has 3 rings (SSSR count). The van der Waals surface area contributed by atoms with Crippen molar-refractivity contribution < 1.29 is 9.47 Å². The van der Waals surface area contributed by atoms with Gasteiger partial charge in [0, 0.05) is 20.6 Å². The summed E-state index contributed by atoms with van der Waals surface area (Å²) < 4.78 is 15.6. The van der Waals surface area contributed by atoms with Gasteiger partial charge in [0.1, 0.15) is 12.4 Å². The van der Waals surface area contributed by atoms with Crippen LogP contribution in [0, 0.1) is 13.8 Å². The molecule has 0 amide bonds. The van der Waals surface area contributed by atoms with Gasteiger partial charge < -0.3 is 14.0 Å². The van der Waals surface area contributed by atoms with Crippen LogP contribution in [0.25, 0.3) is 11.2 Å². The van der Waals surface area contributed by atoms with Crippen LogP contribution in [0.15, 0.2) is 34.1 Å². The smallest absolute Gasteiger partial charge is 0.332 e. The fourth-order valence-electron chi connectivity index (χ4n) is 3.06. The van der Waals surface area contributed by atoms with E-state index < -0.39 is 5.69 Å². The van der Waals surface area contributed by atoms with E-state index in [1.54, 1.807) is 17.9 Å². The highest BCUT2D eigenvalue weighted by molar-refractivity contribution is 5.69. The quantitative estimate of drug-likeness (QED) is 0.581. The molecule has 0 radical (unpaired) electrons. The van der Waals surface area contributed by atoms with Gasteiger partial charge in [0.2, 0.25) is 0 Å². The molecule has 0 aliphatic heterocycles. The lowest BCUT2D eigenvalue weighted by Gasteiger charge is -2.12. The lowest BCUT2D eigenvalue weighted by atomic mass is 10.1. The molecule has 0 bridgehead atoms. The third-order valence-electron chi connectivity index (χ3n) is 4.58. The lowest BCUT2D eigenvalue weighted by Crippen LogP contribution is -2.37. The fraction of sp³-hybridized carbons (Fsp3) is 0.421. The van der Waals surface area contributed by atoms with E-state index in [0.29, 0.717) is 37.5 Å². The van der Waals surface area contributed by atoms with E-state index in [2.05, 4.69) is 4.98 Å². The number of nitrogens with zero attached hydrogens (tertiary/aromatic N) is 4. The average Bonchev–Trinajstić information content (AvgIpc) is 3.07. The number of ether oxygens (including phenoxy) is 2. The van der Waals surface area contributed by atoms with Crippen molar-refractivity contribution in [3.05, 3.63) is 56.5 Å². The number of aromatic nitrogens is 4. The summed E-state index contributed by atoms with van der Waals surface area (Å²) in [6.45, 7) is 5.80. The molecule has 3 aromatic rings. The van der Waals surface area contributed by atoms with Gasteiger partial charge in [0.05, 0.1) is 19.5 Å². The molecule has 8 heteroatoms. The topological polar surface area (TPSA) is 80.3 Å². The van der Waals surface area contributed by atoms with Crippen molar-refractivity contribution in [2.75, 3.05) is 19.8 Å². The van der Waals surface area contributed by atoms with Crippen LogP contribution in [-0.2, 0) is 25.4 Å². The molecular formula is C19H24N4O4. The highest BCUT2D eigenvalue weighted by Crippen LogP contribution is 2.21. The SMILES string of the molecule is Cc1cccc(C)c1OCCOCCn1cnc2c1c(=O)n(C)c(=O)n2C. The van der Waals surface area contributed by atoms with Crippen molar-refractivity contribution in [3.63, 3.8) is 0 Å². The number of benzene rings is 1. The van der Waals surface area contributed by atoms with Crippen LogP contribution in [0.1, 0.15) is 11.1 Å². The first-order chi connectivity index (χ1) is 12.9. The fourth-order valence-corrected chi connectivity index (χ4v) is 3.06. The van der Waals surface area contributed by atoms with E-state index in [-0.39, 0.29) is 5.56 Å². The Hall–Kier alpha value is -2.87. The minimum absolute atomic E-state index is 0.357. The predicted octanol–water partition coefficient (Wildman–Crippen LogP) is 1.15. The Balaban J connectivity index is 1.57. The Bertz CT molecular complexity index is 1060. The second-order valence-corrected chi connectivity index (χ2v) is 6.50. The summed E-state index contributed by atoms with van der Waals surface area (Å²) in [5.74, 6) is 0.895. The third kappa shape index (κ3) is 3.66. The number of aryl methyl sites for hydroxylation is 3. The predicted molar refractivity (Wildman–Crippen MR) is 102 cm³/mol. The van der Waals surface area contributed by atoms with E-state index in [0.717, 1.165) is 21.4 Å². The number of hydrogen-bond donors (Lipinski definition) is 0. The highest BCUT2D eigenvalue weighted by atomic mass is 16.5. The van der Waals surface area contributed by atoms with Crippen LogP contribution in [0.2, 0.25) is 0 Å². The van der Waals surface area contributed by atoms with Gasteiger partial charge in [-0.25, -0.2) is 9.78 Å². The molecule has 0 saturated heterocycles. The van der Waals surface area contributed by atoms with Crippen LogP contribution < -0.4 is 16.0 Å². The zero-order valence-electron chi connectivity index (χ0n) is 16.1. The Kier molecular flexibility index (Phi) is 5.46. The monoisotopic (exact) mass is 372 g/mol. The number of hydrogen-bond acceptors (Lipinski definition) is 5. The normalized spacial score (nSPS) is 11.3. The zero-order chi connectivity index (χ0) is 19.6. The molecule has 2 heterocycles. The third-order valence-corrected chi connectivity index (χ3v) is 4.58.